The fourth-order valence-corrected chi connectivity index (χ4v) is 6.50. The van der Waals surface area contributed by atoms with Crippen molar-refractivity contribution in [1.29, 1.82) is 0 Å². The molecule has 0 aromatic heterocycles. The Morgan fingerprint density at radius 3 is 1.12 bits per heavy atom. The SMILES string of the molecule is CC\C=C/C=C\C=C/C=C\C=C\C=C/CCCCCC(=O)OCC(COC(=O)CCCCC/C=C\C=C/CCCCCCCCC)OC(=O)CCC/C=C\C/C=C\C/C=C\C/C=C\C/C=C\CC. The van der Waals surface area contributed by atoms with Gasteiger partial charge in [0.2, 0.25) is 0 Å². The molecule has 0 rings (SSSR count). The van der Waals surface area contributed by atoms with E-state index in [9.17, 15) is 14.4 Å². The number of allylic oxidation sites excluding steroid dienone is 26. The molecular formula is C62H94O6. The largest absolute Gasteiger partial charge is 0.462 e. The van der Waals surface area contributed by atoms with Crippen molar-refractivity contribution in [3.8, 4) is 0 Å². The van der Waals surface area contributed by atoms with Gasteiger partial charge >= 0.3 is 17.9 Å². The van der Waals surface area contributed by atoms with Crippen LogP contribution in [0.1, 0.15) is 194 Å². The Kier molecular flexibility index (Phi) is 50.6. The van der Waals surface area contributed by atoms with Crippen LogP contribution in [0.25, 0.3) is 0 Å². The van der Waals surface area contributed by atoms with E-state index in [1.807, 2.05) is 60.8 Å². The highest BCUT2D eigenvalue weighted by Crippen LogP contribution is 2.11. The van der Waals surface area contributed by atoms with Crippen molar-refractivity contribution in [1.82, 2.24) is 0 Å². The second kappa shape index (κ2) is 54.6. The average molecular weight is 935 g/mol. The lowest BCUT2D eigenvalue weighted by atomic mass is 10.1. The van der Waals surface area contributed by atoms with Crippen LogP contribution >= 0.6 is 0 Å². The topological polar surface area (TPSA) is 78.9 Å². The second-order valence-corrected chi connectivity index (χ2v) is 16.8. The molecule has 6 heteroatoms. The molecule has 0 fully saturated rings. The van der Waals surface area contributed by atoms with Crippen LogP contribution < -0.4 is 0 Å². The standard InChI is InChI=1S/C62H94O6/c1-4-7-10-13-16-19-22-25-28-31-34-37-40-43-46-49-52-55-61(64)67-58-59(57-66-60(63)54-51-48-45-42-39-36-33-30-27-24-21-18-15-12-9-6-3)68-62(65)56-53-50-47-44-41-38-35-32-29-26-23-20-17-14-11-8-5-2/h7-8,10-11,13,16-17,19-20,22,25-26,28-31,33-40,44,47,59H,4-6,9,12,14-15,18,21,23-24,27,32,41-43,45-46,48-58H2,1-3H3/b10-7-,11-8-,16-13-,20-17-,22-19-,28-25-,29-26-,33-30-,34-31+,38-35-,39-36-,40-37-,47-44-. The Balaban J connectivity index is 4.66. The van der Waals surface area contributed by atoms with Gasteiger partial charge in [-0.2, -0.15) is 0 Å². The molecule has 0 bridgehead atoms. The Bertz CT molecular complexity index is 1590. The van der Waals surface area contributed by atoms with Gasteiger partial charge in [0.25, 0.3) is 0 Å². The number of hydrogen-bond donors (Lipinski definition) is 0. The van der Waals surface area contributed by atoms with Crippen LogP contribution in [0.2, 0.25) is 0 Å². The van der Waals surface area contributed by atoms with Crippen LogP contribution in [-0.4, -0.2) is 37.2 Å². The van der Waals surface area contributed by atoms with Crippen molar-refractivity contribution in [2.45, 2.75) is 200 Å². The maximum absolute atomic E-state index is 12.8. The lowest BCUT2D eigenvalue weighted by Crippen LogP contribution is -2.30. The highest BCUT2D eigenvalue weighted by atomic mass is 16.6. The molecule has 0 aliphatic heterocycles. The van der Waals surface area contributed by atoms with E-state index in [0.717, 1.165) is 96.3 Å². The smallest absolute Gasteiger partial charge is 0.306 e. The predicted octanol–water partition coefficient (Wildman–Crippen LogP) is 17.8. The average Bonchev–Trinajstić information content (AvgIpc) is 3.34. The molecule has 6 nitrogen and oxygen atoms in total. The van der Waals surface area contributed by atoms with E-state index in [0.29, 0.717) is 19.3 Å². The van der Waals surface area contributed by atoms with Gasteiger partial charge in [-0.15, -0.1) is 0 Å². The number of rotatable bonds is 45. The molecule has 0 saturated heterocycles. The predicted molar refractivity (Wildman–Crippen MR) is 292 cm³/mol. The van der Waals surface area contributed by atoms with Crippen molar-refractivity contribution >= 4 is 17.9 Å². The van der Waals surface area contributed by atoms with E-state index in [4.69, 9.17) is 14.2 Å². The van der Waals surface area contributed by atoms with Gasteiger partial charge < -0.3 is 14.2 Å². The first-order valence-corrected chi connectivity index (χ1v) is 26.6. The van der Waals surface area contributed by atoms with Gasteiger partial charge in [-0.1, -0.05) is 230 Å². The van der Waals surface area contributed by atoms with Crippen molar-refractivity contribution in [3.63, 3.8) is 0 Å². The third-order valence-corrected chi connectivity index (χ3v) is 10.4. The van der Waals surface area contributed by atoms with Crippen molar-refractivity contribution < 1.29 is 28.6 Å². The molecule has 0 aliphatic carbocycles. The van der Waals surface area contributed by atoms with E-state index in [1.54, 1.807) is 0 Å². The highest BCUT2D eigenvalue weighted by Gasteiger charge is 2.19. The monoisotopic (exact) mass is 935 g/mol. The molecular weight excluding hydrogens is 841 g/mol. The minimum atomic E-state index is -0.845. The van der Waals surface area contributed by atoms with Crippen molar-refractivity contribution in [3.05, 3.63) is 158 Å². The quantitative estimate of drug-likeness (QED) is 0.0199. The Morgan fingerprint density at radius 1 is 0.324 bits per heavy atom. The molecule has 1 unspecified atom stereocenters. The van der Waals surface area contributed by atoms with Crippen molar-refractivity contribution in [2.24, 2.45) is 0 Å². The normalized spacial score (nSPS) is 13.4. The summed E-state index contributed by atoms with van der Waals surface area (Å²) in [5.41, 5.74) is 0. The first kappa shape index (κ1) is 63.0. The van der Waals surface area contributed by atoms with Crippen LogP contribution in [0.4, 0.5) is 0 Å². The summed E-state index contributed by atoms with van der Waals surface area (Å²) in [6, 6.07) is 0. The van der Waals surface area contributed by atoms with Gasteiger partial charge in [-0.25, -0.2) is 0 Å². The third-order valence-electron chi connectivity index (χ3n) is 10.4. The van der Waals surface area contributed by atoms with E-state index < -0.39 is 12.1 Å². The number of hydrogen-bond acceptors (Lipinski definition) is 6. The molecule has 0 aliphatic rings. The number of carbonyl (C=O) groups is 3. The van der Waals surface area contributed by atoms with Crippen LogP contribution in [0.15, 0.2) is 158 Å². The fourth-order valence-electron chi connectivity index (χ4n) is 6.50. The van der Waals surface area contributed by atoms with Gasteiger partial charge in [0.15, 0.2) is 6.10 Å². The first-order valence-electron chi connectivity index (χ1n) is 26.6. The zero-order valence-corrected chi connectivity index (χ0v) is 43.0. The van der Waals surface area contributed by atoms with Crippen molar-refractivity contribution in [2.75, 3.05) is 13.2 Å². The number of unbranched alkanes of at least 4 members (excludes halogenated alkanes) is 14. The number of carbonyl (C=O) groups excluding carboxylic acids is 3. The summed E-state index contributed by atoms with van der Waals surface area (Å²) in [6.45, 7) is 6.24. The summed E-state index contributed by atoms with van der Waals surface area (Å²) < 4.78 is 16.7. The fraction of sp³-hybridized carbons (Fsp3) is 0.532. The molecule has 1 atom stereocenters. The Hall–Kier alpha value is -4.97. The van der Waals surface area contributed by atoms with E-state index >= 15 is 0 Å². The number of esters is 3. The lowest BCUT2D eigenvalue weighted by Gasteiger charge is -2.18. The molecule has 0 N–H and O–H groups in total. The molecule has 0 aromatic carbocycles. The minimum absolute atomic E-state index is 0.137. The van der Waals surface area contributed by atoms with Crippen LogP contribution in [0.3, 0.4) is 0 Å². The van der Waals surface area contributed by atoms with Gasteiger partial charge in [0.1, 0.15) is 13.2 Å². The van der Waals surface area contributed by atoms with Gasteiger partial charge in [-0.05, 0) is 103 Å². The molecule has 0 radical (unpaired) electrons. The Labute approximate surface area is 416 Å². The third kappa shape index (κ3) is 52.0. The van der Waals surface area contributed by atoms with Gasteiger partial charge in [0.05, 0.1) is 0 Å². The maximum Gasteiger partial charge on any atom is 0.306 e. The maximum atomic E-state index is 12.8. The summed E-state index contributed by atoms with van der Waals surface area (Å²) >= 11 is 0. The molecule has 378 valence electrons. The molecule has 0 saturated carbocycles. The first-order chi connectivity index (χ1) is 33.5. The molecule has 0 heterocycles. The summed E-state index contributed by atoms with van der Waals surface area (Å²) in [7, 11) is 0. The minimum Gasteiger partial charge on any atom is -0.462 e. The summed E-state index contributed by atoms with van der Waals surface area (Å²) in [4.78, 5) is 38.0. The van der Waals surface area contributed by atoms with Crippen LogP contribution in [0, 0.1) is 0 Å². The molecule has 0 aromatic rings. The summed E-state index contributed by atoms with van der Waals surface area (Å²) in [5, 5.41) is 0. The summed E-state index contributed by atoms with van der Waals surface area (Å²) in [6.07, 6.45) is 79.4. The second-order valence-electron chi connectivity index (χ2n) is 16.8. The van der Waals surface area contributed by atoms with Gasteiger partial charge in [-0.3, -0.25) is 14.4 Å². The Morgan fingerprint density at radius 2 is 0.662 bits per heavy atom. The van der Waals surface area contributed by atoms with E-state index in [1.165, 1.54) is 44.9 Å². The molecule has 0 amide bonds. The zero-order chi connectivity index (χ0) is 49.3. The molecule has 68 heavy (non-hydrogen) atoms. The van der Waals surface area contributed by atoms with E-state index in [-0.39, 0.29) is 38.0 Å². The lowest BCUT2D eigenvalue weighted by molar-refractivity contribution is -0.167. The van der Waals surface area contributed by atoms with E-state index in [2.05, 4.69) is 118 Å². The number of ether oxygens (including phenoxy) is 3. The van der Waals surface area contributed by atoms with Crippen LogP contribution in [0.5, 0.6) is 0 Å². The van der Waals surface area contributed by atoms with Crippen LogP contribution in [-0.2, 0) is 28.6 Å². The zero-order valence-electron chi connectivity index (χ0n) is 43.0. The molecule has 0 spiro atoms. The summed E-state index contributed by atoms with van der Waals surface area (Å²) in [5.74, 6) is -1.08. The van der Waals surface area contributed by atoms with Gasteiger partial charge in [0, 0.05) is 19.3 Å². The highest BCUT2D eigenvalue weighted by molar-refractivity contribution is 5.71.